The molecule has 0 aromatic rings. The van der Waals surface area contributed by atoms with Gasteiger partial charge in [0.05, 0.1) is 6.54 Å². The van der Waals surface area contributed by atoms with Gasteiger partial charge in [-0.1, -0.05) is 20.3 Å². The highest BCUT2D eigenvalue weighted by molar-refractivity contribution is 7.99. The Hall–Kier alpha value is -0.220. The third-order valence-electron chi connectivity index (χ3n) is 2.47. The lowest BCUT2D eigenvalue weighted by atomic mass is 10.2. The van der Waals surface area contributed by atoms with Crippen molar-refractivity contribution in [2.24, 2.45) is 0 Å². The molecule has 0 aliphatic carbocycles. The second-order valence-corrected chi connectivity index (χ2v) is 5.74. The van der Waals surface area contributed by atoms with Crippen molar-refractivity contribution in [3.05, 3.63) is 0 Å². The first-order valence-corrected chi connectivity index (χ1v) is 6.85. The number of rotatable bonds is 5. The first-order chi connectivity index (χ1) is 7.18. The third-order valence-corrected chi connectivity index (χ3v) is 3.87. The van der Waals surface area contributed by atoms with E-state index in [0.717, 1.165) is 6.54 Å². The maximum Gasteiger partial charge on any atom is 0.234 e. The Morgan fingerprint density at radius 3 is 2.87 bits per heavy atom. The Kier molecular flexibility index (Phi) is 6.10. The summed E-state index contributed by atoms with van der Waals surface area (Å²) < 4.78 is 0. The van der Waals surface area contributed by atoms with Gasteiger partial charge in [0, 0.05) is 17.8 Å². The lowest BCUT2D eigenvalue weighted by Crippen LogP contribution is -2.39. The first-order valence-electron chi connectivity index (χ1n) is 5.80. The van der Waals surface area contributed by atoms with E-state index in [1.54, 1.807) is 0 Å². The average molecular weight is 230 g/mol. The van der Waals surface area contributed by atoms with E-state index in [9.17, 15) is 4.79 Å². The number of hydrogen-bond acceptors (Lipinski definition) is 3. The molecule has 15 heavy (non-hydrogen) atoms. The van der Waals surface area contributed by atoms with Crippen LogP contribution in [0.15, 0.2) is 0 Å². The molecule has 1 heterocycles. The second kappa shape index (κ2) is 7.12. The number of thioether (sulfide) groups is 1. The second-order valence-electron chi connectivity index (χ2n) is 4.33. The molecule has 0 aromatic heterocycles. The highest BCUT2D eigenvalue weighted by Gasteiger charge is 2.14. The van der Waals surface area contributed by atoms with Crippen molar-refractivity contribution in [1.82, 2.24) is 10.6 Å². The van der Waals surface area contributed by atoms with Crippen LogP contribution in [-0.2, 0) is 4.79 Å². The summed E-state index contributed by atoms with van der Waals surface area (Å²) in [6.45, 7) is 5.37. The van der Waals surface area contributed by atoms with Crippen LogP contribution in [0.4, 0.5) is 0 Å². The zero-order chi connectivity index (χ0) is 11.1. The normalized spacial score (nSPS) is 21.7. The summed E-state index contributed by atoms with van der Waals surface area (Å²) in [6.07, 6.45) is 3.91. The molecule has 0 aromatic carbocycles. The molecule has 1 atom stereocenters. The minimum absolute atomic E-state index is 0.120. The Labute approximate surface area is 96.8 Å². The van der Waals surface area contributed by atoms with Crippen molar-refractivity contribution in [3.63, 3.8) is 0 Å². The van der Waals surface area contributed by atoms with E-state index in [4.69, 9.17) is 0 Å². The first kappa shape index (κ1) is 12.8. The van der Waals surface area contributed by atoms with Gasteiger partial charge in [-0.25, -0.2) is 0 Å². The summed E-state index contributed by atoms with van der Waals surface area (Å²) in [5.74, 6) is 1.37. The predicted molar refractivity (Wildman–Crippen MR) is 66.2 cm³/mol. The van der Waals surface area contributed by atoms with Crippen LogP contribution in [0.25, 0.3) is 0 Å². The molecule has 1 fully saturated rings. The molecule has 1 amide bonds. The maximum absolute atomic E-state index is 11.4. The Morgan fingerprint density at radius 2 is 2.27 bits per heavy atom. The highest BCUT2D eigenvalue weighted by atomic mass is 32.2. The van der Waals surface area contributed by atoms with E-state index >= 15 is 0 Å². The molecule has 1 aliphatic heterocycles. The van der Waals surface area contributed by atoms with Crippen LogP contribution in [0.1, 0.15) is 33.1 Å². The molecule has 2 N–H and O–H groups in total. The molecule has 1 aliphatic rings. The molecule has 88 valence electrons. The van der Waals surface area contributed by atoms with E-state index in [0.29, 0.717) is 17.8 Å². The standard InChI is InChI=1S/C11H22N2OS/c1-9(2)12-8-11(14)13-7-10-5-3-4-6-15-10/h9-10,12H,3-8H2,1-2H3,(H,13,14). The number of carbonyl (C=O) groups is 1. The van der Waals surface area contributed by atoms with Crippen LogP contribution < -0.4 is 10.6 Å². The number of amides is 1. The monoisotopic (exact) mass is 230 g/mol. The van der Waals surface area contributed by atoms with Crippen LogP contribution >= 0.6 is 11.8 Å². The van der Waals surface area contributed by atoms with Gasteiger partial charge in [-0.15, -0.1) is 0 Å². The van der Waals surface area contributed by atoms with Gasteiger partial charge >= 0.3 is 0 Å². The van der Waals surface area contributed by atoms with Gasteiger partial charge in [-0.05, 0) is 18.6 Å². The van der Waals surface area contributed by atoms with E-state index in [1.165, 1.54) is 25.0 Å². The van der Waals surface area contributed by atoms with E-state index < -0.39 is 0 Å². The lowest BCUT2D eigenvalue weighted by Gasteiger charge is -2.21. The smallest absolute Gasteiger partial charge is 0.234 e. The fraction of sp³-hybridized carbons (Fsp3) is 0.909. The quantitative estimate of drug-likeness (QED) is 0.750. The summed E-state index contributed by atoms with van der Waals surface area (Å²) in [7, 11) is 0. The fourth-order valence-electron chi connectivity index (χ4n) is 1.56. The summed E-state index contributed by atoms with van der Waals surface area (Å²) in [5, 5.41) is 6.74. The Morgan fingerprint density at radius 1 is 1.47 bits per heavy atom. The average Bonchev–Trinajstić information content (AvgIpc) is 2.25. The van der Waals surface area contributed by atoms with Crippen molar-refractivity contribution in [2.45, 2.75) is 44.4 Å². The van der Waals surface area contributed by atoms with Gasteiger partial charge in [0.25, 0.3) is 0 Å². The van der Waals surface area contributed by atoms with Crippen LogP contribution in [0.2, 0.25) is 0 Å². The van der Waals surface area contributed by atoms with Crippen molar-refractivity contribution in [2.75, 3.05) is 18.8 Å². The number of carbonyl (C=O) groups excluding carboxylic acids is 1. The van der Waals surface area contributed by atoms with Gasteiger partial charge in [-0.2, -0.15) is 11.8 Å². The van der Waals surface area contributed by atoms with Crippen LogP contribution in [0, 0.1) is 0 Å². The molecule has 0 radical (unpaired) electrons. The molecule has 1 saturated heterocycles. The van der Waals surface area contributed by atoms with Crippen molar-refractivity contribution < 1.29 is 4.79 Å². The van der Waals surface area contributed by atoms with Crippen molar-refractivity contribution in [3.8, 4) is 0 Å². The van der Waals surface area contributed by atoms with Gasteiger partial charge in [0.1, 0.15) is 0 Å². The minimum atomic E-state index is 0.120. The number of nitrogens with one attached hydrogen (secondary N) is 2. The number of hydrogen-bond donors (Lipinski definition) is 2. The Balaban J connectivity index is 2.05. The molecular weight excluding hydrogens is 208 g/mol. The zero-order valence-electron chi connectivity index (χ0n) is 9.71. The molecule has 3 nitrogen and oxygen atoms in total. The van der Waals surface area contributed by atoms with Crippen LogP contribution in [0.3, 0.4) is 0 Å². The predicted octanol–water partition coefficient (Wildman–Crippen LogP) is 1.39. The van der Waals surface area contributed by atoms with Crippen molar-refractivity contribution >= 4 is 17.7 Å². The molecule has 0 bridgehead atoms. The third kappa shape index (κ3) is 6.05. The molecule has 4 heteroatoms. The van der Waals surface area contributed by atoms with Gasteiger partial charge in [-0.3, -0.25) is 4.79 Å². The molecule has 1 unspecified atom stereocenters. The Bertz CT molecular complexity index is 191. The van der Waals surface area contributed by atoms with Crippen molar-refractivity contribution in [1.29, 1.82) is 0 Å². The van der Waals surface area contributed by atoms with Crippen LogP contribution in [0.5, 0.6) is 0 Å². The molecule has 0 saturated carbocycles. The summed E-state index contributed by atoms with van der Waals surface area (Å²) in [6, 6.07) is 0.375. The SMILES string of the molecule is CC(C)NCC(=O)NCC1CCCCS1. The van der Waals surface area contributed by atoms with Crippen LogP contribution in [-0.4, -0.2) is 36.0 Å². The topological polar surface area (TPSA) is 41.1 Å². The lowest BCUT2D eigenvalue weighted by molar-refractivity contribution is -0.120. The molecule has 0 spiro atoms. The summed E-state index contributed by atoms with van der Waals surface area (Å²) >= 11 is 1.99. The van der Waals surface area contributed by atoms with Gasteiger partial charge in [0.15, 0.2) is 0 Å². The molecular formula is C11H22N2OS. The summed E-state index contributed by atoms with van der Waals surface area (Å²) in [4.78, 5) is 11.4. The van der Waals surface area contributed by atoms with E-state index in [-0.39, 0.29) is 5.91 Å². The molecule has 1 rings (SSSR count). The van der Waals surface area contributed by atoms with Gasteiger partial charge in [0.2, 0.25) is 5.91 Å². The summed E-state index contributed by atoms with van der Waals surface area (Å²) in [5.41, 5.74) is 0. The largest absolute Gasteiger partial charge is 0.354 e. The zero-order valence-corrected chi connectivity index (χ0v) is 10.5. The van der Waals surface area contributed by atoms with Gasteiger partial charge < -0.3 is 10.6 Å². The maximum atomic E-state index is 11.4. The highest BCUT2D eigenvalue weighted by Crippen LogP contribution is 2.24. The van der Waals surface area contributed by atoms with E-state index in [2.05, 4.69) is 10.6 Å². The minimum Gasteiger partial charge on any atom is -0.354 e. The van der Waals surface area contributed by atoms with E-state index in [1.807, 2.05) is 25.6 Å². The fourth-order valence-corrected chi connectivity index (χ4v) is 2.79.